The molecular weight excluding hydrogens is 324 g/mol. The number of carbonyl (C=O) groups excluding carboxylic acids is 1. The van der Waals surface area contributed by atoms with Gasteiger partial charge in [-0.1, -0.05) is 67.1 Å². The van der Waals surface area contributed by atoms with Gasteiger partial charge in [-0.15, -0.1) is 0 Å². The van der Waals surface area contributed by atoms with E-state index in [-0.39, 0.29) is 0 Å². The molecule has 0 heterocycles. The van der Waals surface area contributed by atoms with Gasteiger partial charge in [0, 0.05) is 6.21 Å². The van der Waals surface area contributed by atoms with Crippen molar-refractivity contribution in [1.82, 2.24) is 5.43 Å². The van der Waals surface area contributed by atoms with E-state index in [0.29, 0.717) is 23.0 Å². The predicted octanol–water partition coefficient (Wildman–Crippen LogP) is 3.46. The van der Waals surface area contributed by atoms with E-state index in [0.717, 1.165) is 5.92 Å². The summed E-state index contributed by atoms with van der Waals surface area (Å²) >= 11 is 0. The molecule has 4 rings (SSSR count). The Morgan fingerprint density at radius 1 is 1.00 bits per heavy atom. The third-order valence-electron chi connectivity index (χ3n) is 5.94. The van der Waals surface area contributed by atoms with Crippen LogP contribution in [0.25, 0.3) is 0 Å². The van der Waals surface area contributed by atoms with Crippen molar-refractivity contribution in [2.75, 3.05) is 0 Å². The molecule has 0 spiro atoms. The van der Waals surface area contributed by atoms with Crippen LogP contribution in [0.3, 0.4) is 0 Å². The molecule has 0 aliphatic heterocycles. The molecule has 2 fully saturated rings. The number of hydrazone groups is 1. The van der Waals surface area contributed by atoms with Gasteiger partial charge in [0.1, 0.15) is 0 Å². The van der Waals surface area contributed by atoms with Crippen molar-refractivity contribution in [1.29, 1.82) is 0 Å². The van der Waals surface area contributed by atoms with Gasteiger partial charge in [-0.3, -0.25) is 4.79 Å². The quantitative estimate of drug-likeness (QED) is 0.642. The van der Waals surface area contributed by atoms with Crippen molar-refractivity contribution in [3.8, 4) is 0 Å². The zero-order chi connectivity index (χ0) is 18.0. The van der Waals surface area contributed by atoms with Gasteiger partial charge >= 0.3 is 0 Å². The first-order chi connectivity index (χ1) is 12.7. The lowest BCUT2D eigenvalue weighted by atomic mass is 9.85. The first-order valence-corrected chi connectivity index (χ1v) is 9.35. The molecule has 2 aromatic rings. The fourth-order valence-corrected chi connectivity index (χ4v) is 4.54. The third kappa shape index (κ3) is 3.06. The van der Waals surface area contributed by atoms with E-state index >= 15 is 0 Å². The van der Waals surface area contributed by atoms with Crippen molar-refractivity contribution in [2.45, 2.75) is 31.3 Å². The van der Waals surface area contributed by atoms with E-state index < -0.39 is 11.5 Å². The largest absolute Gasteiger partial charge is 0.372 e. The first-order valence-electron chi connectivity index (χ1n) is 9.35. The van der Waals surface area contributed by atoms with Crippen molar-refractivity contribution >= 4 is 12.1 Å². The number of amides is 1. The normalized spacial score (nSPS) is 24.9. The van der Waals surface area contributed by atoms with Gasteiger partial charge in [0.05, 0.1) is 0 Å². The summed E-state index contributed by atoms with van der Waals surface area (Å²) in [4.78, 5) is 12.9. The van der Waals surface area contributed by atoms with Crippen LogP contribution in [-0.2, 0) is 10.4 Å². The van der Waals surface area contributed by atoms with Crippen molar-refractivity contribution in [3.05, 3.63) is 71.8 Å². The lowest BCUT2D eigenvalue weighted by molar-refractivity contribution is -0.136. The summed E-state index contributed by atoms with van der Waals surface area (Å²) in [6.45, 7) is 0. The van der Waals surface area contributed by atoms with E-state index in [2.05, 4.69) is 10.5 Å². The number of nitrogens with zero attached hydrogens (tertiary/aromatic N) is 1. The fraction of sp³-hybridized carbons (Fsp3) is 0.364. The fourth-order valence-electron chi connectivity index (χ4n) is 4.54. The second-order valence-electron chi connectivity index (χ2n) is 7.50. The predicted molar refractivity (Wildman–Crippen MR) is 101 cm³/mol. The minimum atomic E-state index is -1.77. The third-order valence-corrected chi connectivity index (χ3v) is 5.94. The number of rotatable bonds is 5. The van der Waals surface area contributed by atoms with Crippen LogP contribution in [0, 0.1) is 17.8 Å². The number of fused-ring (bicyclic) bond motifs is 2. The van der Waals surface area contributed by atoms with Crippen LogP contribution in [0.2, 0.25) is 0 Å². The van der Waals surface area contributed by atoms with Crippen LogP contribution in [-0.4, -0.2) is 17.2 Å². The summed E-state index contributed by atoms with van der Waals surface area (Å²) in [6, 6.07) is 18.0. The Balaban J connectivity index is 1.55. The van der Waals surface area contributed by atoms with Gasteiger partial charge in [0.25, 0.3) is 5.91 Å². The highest BCUT2D eigenvalue weighted by molar-refractivity contribution is 5.90. The van der Waals surface area contributed by atoms with E-state index in [1.54, 1.807) is 24.3 Å². The average Bonchev–Trinajstić information content (AvgIpc) is 3.32. The van der Waals surface area contributed by atoms with Crippen LogP contribution >= 0.6 is 0 Å². The molecule has 26 heavy (non-hydrogen) atoms. The molecule has 2 aliphatic rings. The average molecular weight is 348 g/mol. The number of nitrogens with one attached hydrogen (secondary N) is 1. The molecule has 134 valence electrons. The van der Waals surface area contributed by atoms with Crippen molar-refractivity contribution in [2.24, 2.45) is 22.9 Å². The van der Waals surface area contributed by atoms with Gasteiger partial charge in [0.2, 0.25) is 0 Å². The second-order valence-corrected chi connectivity index (χ2v) is 7.50. The topological polar surface area (TPSA) is 61.7 Å². The highest BCUT2D eigenvalue weighted by atomic mass is 16.3. The minimum absolute atomic E-state index is 0.454. The molecule has 0 unspecified atom stereocenters. The maximum Gasteiger partial charge on any atom is 0.281 e. The summed E-state index contributed by atoms with van der Waals surface area (Å²) < 4.78 is 0. The summed E-state index contributed by atoms with van der Waals surface area (Å²) in [6.07, 6.45) is 6.95. The number of carbonyl (C=O) groups is 1. The molecule has 4 heteroatoms. The minimum Gasteiger partial charge on any atom is -0.372 e. The summed E-state index contributed by atoms with van der Waals surface area (Å²) in [5, 5.41) is 15.5. The molecule has 0 saturated heterocycles. The Labute approximate surface area is 153 Å². The van der Waals surface area contributed by atoms with Gasteiger partial charge in [-0.2, -0.15) is 5.10 Å². The highest BCUT2D eigenvalue weighted by Gasteiger charge is 2.41. The molecule has 3 atom stereocenters. The monoisotopic (exact) mass is 348 g/mol. The lowest BCUT2D eigenvalue weighted by Crippen LogP contribution is -2.43. The Hall–Kier alpha value is -2.46. The molecular formula is C22H24N2O2. The molecule has 1 amide bonds. The number of hydrogen-bond acceptors (Lipinski definition) is 3. The van der Waals surface area contributed by atoms with Gasteiger partial charge in [0.15, 0.2) is 5.60 Å². The van der Waals surface area contributed by atoms with E-state index in [1.165, 1.54) is 25.7 Å². The van der Waals surface area contributed by atoms with Crippen LogP contribution in [0.5, 0.6) is 0 Å². The van der Waals surface area contributed by atoms with Crippen molar-refractivity contribution < 1.29 is 9.90 Å². The van der Waals surface area contributed by atoms with E-state index in [9.17, 15) is 9.90 Å². The van der Waals surface area contributed by atoms with Crippen LogP contribution in [0.4, 0.5) is 0 Å². The van der Waals surface area contributed by atoms with Crippen LogP contribution in [0.1, 0.15) is 36.8 Å². The Morgan fingerprint density at radius 3 is 2.12 bits per heavy atom. The molecule has 4 nitrogen and oxygen atoms in total. The van der Waals surface area contributed by atoms with Crippen LogP contribution in [0.15, 0.2) is 65.8 Å². The van der Waals surface area contributed by atoms with Gasteiger partial charge in [-0.05, 0) is 48.1 Å². The van der Waals surface area contributed by atoms with Gasteiger partial charge < -0.3 is 5.11 Å². The second kappa shape index (κ2) is 7.04. The maximum atomic E-state index is 12.9. The molecule has 0 radical (unpaired) electrons. The highest BCUT2D eigenvalue weighted by Crippen LogP contribution is 2.47. The van der Waals surface area contributed by atoms with Crippen LogP contribution < -0.4 is 5.43 Å². The summed E-state index contributed by atoms with van der Waals surface area (Å²) in [5.74, 6) is 1.46. The zero-order valence-electron chi connectivity index (χ0n) is 14.7. The van der Waals surface area contributed by atoms with E-state index in [4.69, 9.17) is 0 Å². The molecule has 0 aromatic heterocycles. The summed E-state index contributed by atoms with van der Waals surface area (Å²) in [7, 11) is 0. The molecule has 2 aliphatic carbocycles. The molecule has 2 saturated carbocycles. The number of benzene rings is 2. The SMILES string of the molecule is O=C(N/N=C\[C@@H]1C[C@H]2CC[C@H]1C2)C(O)(c1ccccc1)c1ccccc1. The maximum absolute atomic E-state index is 12.9. The number of hydrogen-bond donors (Lipinski definition) is 2. The first kappa shape index (κ1) is 17.0. The summed E-state index contributed by atoms with van der Waals surface area (Å²) in [5.41, 5.74) is 1.87. The van der Waals surface area contributed by atoms with Crippen molar-refractivity contribution in [3.63, 3.8) is 0 Å². The Bertz CT molecular complexity index is 749. The number of aliphatic hydroxyl groups is 1. The smallest absolute Gasteiger partial charge is 0.281 e. The lowest BCUT2D eigenvalue weighted by Gasteiger charge is -2.27. The molecule has 2 aromatic carbocycles. The van der Waals surface area contributed by atoms with Gasteiger partial charge in [-0.25, -0.2) is 5.43 Å². The standard InChI is InChI=1S/C22H24N2O2/c25-21(24-23-15-18-14-16-11-12-17(18)13-16)22(26,19-7-3-1-4-8-19)20-9-5-2-6-10-20/h1-10,15-18,26H,11-14H2,(H,24,25)/b23-15-/t16-,17-,18-/m0/s1. The Kier molecular flexibility index (Phi) is 4.60. The molecule has 2 N–H and O–H groups in total. The van der Waals surface area contributed by atoms with E-state index in [1.807, 2.05) is 42.6 Å². The molecule has 2 bridgehead atoms. The zero-order valence-corrected chi connectivity index (χ0v) is 14.7. The Morgan fingerprint density at radius 2 is 1.62 bits per heavy atom.